The van der Waals surface area contributed by atoms with Crippen LogP contribution in [0.5, 0.6) is 5.75 Å². The van der Waals surface area contributed by atoms with Gasteiger partial charge in [0.05, 0.1) is 23.4 Å². The molecule has 3 N–H and O–H groups in total. The van der Waals surface area contributed by atoms with Gasteiger partial charge in [0.2, 0.25) is 0 Å². The summed E-state index contributed by atoms with van der Waals surface area (Å²) in [7, 11) is 0. The fourth-order valence-corrected chi connectivity index (χ4v) is 3.83. The number of carbonyl (C=O) groups excluding carboxylic acids is 2. The van der Waals surface area contributed by atoms with E-state index in [1.807, 2.05) is 38.1 Å². The van der Waals surface area contributed by atoms with Crippen molar-refractivity contribution in [3.8, 4) is 5.75 Å². The maximum Gasteiger partial charge on any atom is 0.261 e. The summed E-state index contributed by atoms with van der Waals surface area (Å²) in [5.74, 6) is -0.216. The van der Waals surface area contributed by atoms with Crippen molar-refractivity contribution >= 4 is 56.4 Å². The van der Waals surface area contributed by atoms with Gasteiger partial charge in [-0.05, 0) is 86.1 Å². The third-order valence-corrected chi connectivity index (χ3v) is 6.05. The molecule has 0 saturated carbocycles. The lowest BCUT2D eigenvalue weighted by Crippen LogP contribution is -2.35. The van der Waals surface area contributed by atoms with Crippen molar-refractivity contribution in [2.45, 2.75) is 33.6 Å². The van der Waals surface area contributed by atoms with Crippen LogP contribution in [0.4, 0.5) is 11.4 Å². The molecule has 0 atom stereocenters. The number of carbonyl (C=O) groups is 2. The Bertz CT molecular complexity index is 1250. The summed E-state index contributed by atoms with van der Waals surface area (Å²) >= 11 is 8.77. The minimum atomic E-state index is -0.410. The normalized spacial score (nSPS) is 10.4. The molecule has 3 aromatic carbocycles. The van der Waals surface area contributed by atoms with E-state index in [-0.39, 0.29) is 11.0 Å². The van der Waals surface area contributed by atoms with E-state index in [0.717, 1.165) is 28.4 Å². The van der Waals surface area contributed by atoms with Crippen molar-refractivity contribution in [3.63, 3.8) is 0 Å². The molecule has 0 bridgehead atoms. The maximum atomic E-state index is 13.0. The van der Waals surface area contributed by atoms with Crippen molar-refractivity contribution in [2.24, 2.45) is 0 Å². The van der Waals surface area contributed by atoms with Crippen molar-refractivity contribution in [3.05, 3.63) is 87.4 Å². The Morgan fingerprint density at radius 3 is 2.43 bits per heavy atom. The third-order valence-electron chi connectivity index (χ3n) is 5.35. The van der Waals surface area contributed by atoms with Crippen LogP contribution < -0.4 is 20.7 Å². The zero-order valence-electron chi connectivity index (χ0n) is 19.9. The number of nitrogens with one attached hydrogen (secondary N) is 3. The molecule has 0 spiro atoms. The molecule has 0 fully saturated rings. The Balaban J connectivity index is 1.71. The summed E-state index contributed by atoms with van der Waals surface area (Å²) in [6.07, 6.45) is 1.88. The Morgan fingerprint density at radius 2 is 1.69 bits per heavy atom. The summed E-state index contributed by atoms with van der Waals surface area (Å²) in [6.45, 7) is 6.60. The van der Waals surface area contributed by atoms with Gasteiger partial charge < -0.3 is 15.4 Å². The van der Waals surface area contributed by atoms with Crippen LogP contribution in [0.1, 0.15) is 51.6 Å². The highest BCUT2D eigenvalue weighted by Gasteiger charge is 2.17. The van der Waals surface area contributed by atoms with Gasteiger partial charge in [-0.25, -0.2) is 0 Å². The number of halogens is 1. The highest BCUT2D eigenvalue weighted by molar-refractivity contribution is 9.10. The molecule has 0 saturated heterocycles. The first-order valence-corrected chi connectivity index (χ1v) is 12.5. The zero-order chi connectivity index (χ0) is 25.4. The highest BCUT2D eigenvalue weighted by Crippen LogP contribution is 2.24. The van der Waals surface area contributed by atoms with Gasteiger partial charge in [0, 0.05) is 10.2 Å². The Labute approximate surface area is 219 Å². The van der Waals surface area contributed by atoms with Gasteiger partial charge >= 0.3 is 0 Å². The summed E-state index contributed by atoms with van der Waals surface area (Å²) in [5.41, 5.74) is 4.18. The number of unbranched alkanes of at least 4 members (excludes halogenated alkanes) is 1. The zero-order valence-corrected chi connectivity index (χ0v) is 22.3. The second-order valence-electron chi connectivity index (χ2n) is 8.05. The van der Waals surface area contributed by atoms with Crippen LogP contribution in [0.15, 0.2) is 65.1 Å². The molecule has 0 aliphatic heterocycles. The van der Waals surface area contributed by atoms with Gasteiger partial charge in [0.25, 0.3) is 11.8 Å². The number of hydrogen-bond donors (Lipinski definition) is 3. The van der Waals surface area contributed by atoms with Crippen LogP contribution in [0, 0.1) is 13.8 Å². The standard InChI is InChI=1S/C27H28BrN3O3S/c1-4-5-14-34-24-13-11-19(28)16-22(24)26(33)31-27(35)30-23-9-7-6-8-21(23)25(32)29-20-12-10-17(2)18(3)15-20/h6-13,15-16H,4-5,14H2,1-3H3,(H,29,32)(H2,30,31,33,35). The van der Waals surface area contributed by atoms with Gasteiger partial charge in [-0.15, -0.1) is 0 Å². The first kappa shape index (κ1) is 26.4. The van der Waals surface area contributed by atoms with Crippen LogP contribution in [-0.2, 0) is 0 Å². The average Bonchev–Trinajstić information content (AvgIpc) is 2.82. The van der Waals surface area contributed by atoms with Crippen LogP contribution in [0.25, 0.3) is 0 Å². The SMILES string of the molecule is CCCCOc1ccc(Br)cc1C(=O)NC(=S)Nc1ccccc1C(=O)Nc1ccc(C)c(C)c1. The number of anilines is 2. The number of amides is 2. The second kappa shape index (κ2) is 12.5. The van der Waals surface area contributed by atoms with E-state index in [9.17, 15) is 9.59 Å². The molecule has 6 nitrogen and oxygen atoms in total. The van der Waals surface area contributed by atoms with Crippen molar-refractivity contribution < 1.29 is 14.3 Å². The van der Waals surface area contributed by atoms with Crippen molar-refractivity contribution in [2.75, 3.05) is 17.2 Å². The number of aryl methyl sites for hydroxylation is 2. The van der Waals surface area contributed by atoms with Gasteiger partial charge in [0.15, 0.2) is 5.11 Å². The first-order valence-electron chi connectivity index (χ1n) is 11.3. The molecule has 182 valence electrons. The summed E-state index contributed by atoms with van der Waals surface area (Å²) in [6, 6.07) is 18.0. The van der Waals surface area contributed by atoms with Gasteiger partial charge in [0.1, 0.15) is 5.75 Å². The molecule has 0 radical (unpaired) electrons. The lowest BCUT2D eigenvalue weighted by atomic mass is 10.1. The number of hydrogen-bond acceptors (Lipinski definition) is 4. The quantitative estimate of drug-likeness (QED) is 0.215. The Kier molecular flexibility index (Phi) is 9.39. The highest BCUT2D eigenvalue weighted by atomic mass is 79.9. The van der Waals surface area contributed by atoms with E-state index in [4.69, 9.17) is 17.0 Å². The Hall–Kier alpha value is -3.23. The van der Waals surface area contributed by atoms with Crippen molar-refractivity contribution in [1.29, 1.82) is 0 Å². The number of para-hydroxylation sites is 1. The Morgan fingerprint density at radius 1 is 0.914 bits per heavy atom. The molecule has 35 heavy (non-hydrogen) atoms. The van der Waals surface area contributed by atoms with Crippen LogP contribution in [0.3, 0.4) is 0 Å². The molecule has 0 aliphatic rings. The molecule has 0 heterocycles. The topological polar surface area (TPSA) is 79.5 Å². The molecule has 0 unspecified atom stereocenters. The van der Waals surface area contributed by atoms with Crippen LogP contribution in [-0.4, -0.2) is 23.5 Å². The van der Waals surface area contributed by atoms with E-state index in [1.54, 1.807) is 36.4 Å². The number of thiocarbonyl (C=S) groups is 1. The summed E-state index contributed by atoms with van der Waals surface area (Å²) < 4.78 is 6.53. The van der Waals surface area contributed by atoms with Crippen LogP contribution >= 0.6 is 28.1 Å². The molecule has 0 aliphatic carbocycles. The molecular weight excluding hydrogens is 526 g/mol. The van der Waals surface area contributed by atoms with Crippen LogP contribution in [0.2, 0.25) is 0 Å². The molecule has 2 amide bonds. The molecular formula is C27H28BrN3O3S. The lowest BCUT2D eigenvalue weighted by molar-refractivity contribution is 0.0972. The predicted molar refractivity (Wildman–Crippen MR) is 149 cm³/mol. The predicted octanol–water partition coefficient (Wildman–Crippen LogP) is 6.62. The van der Waals surface area contributed by atoms with Gasteiger partial charge in [-0.1, -0.05) is 47.5 Å². The first-order chi connectivity index (χ1) is 16.8. The average molecular weight is 555 g/mol. The fraction of sp³-hybridized carbons (Fsp3) is 0.222. The lowest BCUT2D eigenvalue weighted by Gasteiger charge is -2.15. The van der Waals surface area contributed by atoms with E-state index in [1.165, 1.54) is 0 Å². The van der Waals surface area contributed by atoms with E-state index in [0.29, 0.717) is 34.9 Å². The minimum Gasteiger partial charge on any atom is -0.493 e. The number of ether oxygens (including phenoxy) is 1. The van der Waals surface area contributed by atoms with Crippen molar-refractivity contribution in [1.82, 2.24) is 5.32 Å². The summed E-state index contributed by atoms with van der Waals surface area (Å²) in [5, 5.41) is 8.64. The third kappa shape index (κ3) is 7.37. The minimum absolute atomic E-state index is 0.0703. The van der Waals surface area contributed by atoms with E-state index < -0.39 is 5.91 Å². The maximum absolute atomic E-state index is 13.0. The summed E-state index contributed by atoms with van der Waals surface area (Å²) in [4.78, 5) is 25.9. The van der Waals surface area contributed by atoms with Gasteiger partial charge in [-0.2, -0.15) is 0 Å². The van der Waals surface area contributed by atoms with Gasteiger partial charge in [-0.3, -0.25) is 14.9 Å². The molecule has 0 aromatic heterocycles. The largest absolute Gasteiger partial charge is 0.493 e. The fourth-order valence-electron chi connectivity index (χ4n) is 3.26. The molecule has 3 aromatic rings. The van der Waals surface area contributed by atoms with E-state index >= 15 is 0 Å². The number of benzene rings is 3. The monoisotopic (exact) mass is 553 g/mol. The number of rotatable bonds is 8. The molecule has 8 heteroatoms. The second-order valence-corrected chi connectivity index (χ2v) is 9.37. The smallest absolute Gasteiger partial charge is 0.261 e. The van der Waals surface area contributed by atoms with E-state index in [2.05, 4.69) is 38.8 Å². The molecule has 3 rings (SSSR count).